The summed E-state index contributed by atoms with van der Waals surface area (Å²) < 4.78 is 0. The third kappa shape index (κ3) is 4.81. The van der Waals surface area contributed by atoms with Gasteiger partial charge in [0.15, 0.2) is 0 Å². The van der Waals surface area contributed by atoms with Gasteiger partial charge in [-0.3, -0.25) is 0 Å². The highest BCUT2D eigenvalue weighted by Gasteiger charge is 2.16. The van der Waals surface area contributed by atoms with Crippen LogP contribution in [0.4, 0.5) is 0 Å². The Morgan fingerprint density at radius 1 is 1.05 bits per heavy atom. The average Bonchev–Trinajstić information content (AvgIpc) is 2.40. The lowest BCUT2D eigenvalue weighted by atomic mass is 10.0. The Balaban J connectivity index is 1.89. The summed E-state index contributed by atoms with van der Waals surface area (Å²) in [5.41, 5.74) is 2.68. The van der Waals surface area contributed by atoms with Crippen LogP contribution in [0.1, 0.15) is 49.6 Å². The van der Waals surface area contributed by atoms with E-state index >= 15 is 0 Å². The minimum Gasteiger partial charge on any atom is -0.302 e. The molecule has 0 radical (unpaired) electrons. The van der Waals surface area contributed by atoms with E-state index in [-0.39, 0.29) is 5.38 Å². The van der Waals surface area contributed by atoms with Gasteiger partial charge in [-0.25, -0.2) is 0 Å². The molecule has 19 heavy (non-hydrogen) atoms. The highest BCUT2D eigenvalue weighted by molar-refractivity contribution is 6.21. The topological polar surface area (TPSA) is 3.24 Å². The first-order chi connectivity index (χ1) is 9.15. The van der Waals surface area contributed by atoms with Gasteiger partial charge in [0.1, 0.15) is 0 Å². The van der Waals surface area contributed by atoms with Gasteiger partial charge < -0.3 is 4.90 Å². The number of nitrogens with zero attached hydrogens (tertiary/aromatic N) is 1. The van der Waals surface area contributed by atoms with E-state index in [0.717, 1.165) is 13.0 Å². The molecular formula is C17H26ClN. The number of hydrogen-bond acceptors (Lipinski definition) is 1. The average molecular weight is 280 g/mol. The van der Waals surface area contributed by atoms with E-state index in [4.69, 9.17) is 11.6 Å². The number of likely N-dealkylation sites (tertiary alicyclic amines) is 1. The fourth-order valence-corrected chi connectivity index (χ4v) is 3.15. The van der Waals surface area contributed by atoms with Gasteiger partial charge in [-0.15, -0.1) is 11.6 Å². The van der Waals surface area contributed by atoms with E-state index in [1.807, 2.05) is 0 Å². The first kappa shape index (κ1) is 14.9. The Kier molecular flexibility index (Phi) is 5.72. The zero-order valence-electron chi connectivity index (χ0n) is 12.2. The van der Waals surface area contributed by atoms with Gasteiger partial charge in [-0.1, -0.05) is 44.5 Å². The third-order valence-electron chi connectivity index (χ3n) is 3.85. The largest absolute Gasteiger partial charge is 0.302 e. The quantitative estimate of drug-likeness (QED) is 0.709. The highest BCUT2D eigenvalue weighted by atomic mass is 35.5. The Hall–Kier alpha value is -0.530. The fourth-order valence-electron chi connectivity index (χ4n) is 2.81. The van der Waals surface area contributed by atoms with Crippen molar-refractivity contribution in [1.82, 2.24) is 4.90 Å². The van der Waals surface area contributed by atoms with Crippen molar-refractivity contribution in [3.8, 4) is 0 Å². The monoisotopic (exact) mass is 279 g/mol. The molecule has 2 rings (SSSR count). The molecular weight excluding hydrogens is 254 g/mol. The van der Waals surface area contributed by atoms with Crippen LogP contribution in [0.25, 0.3) is 0 Å². The standard InChI is InChI=1S/C17H26ClN/c1-14(2)12-15-6-8-16(9-7-15)17(18)13-19-10-4-3-5-11-19/h6-9,14,17H,3-5,10-13H2,1-2H3. The van der Waals surface area contributed by atoms with Gasteiger partial charge in [0, 0.05) is 6.54 Å². The van der Waals surface area contributed by atoms with Crippen LogP contribution in [0.2, 0.25) is 0 Å². The smallest absolute Gasteiger partial charge is 0.0712 e. The zero-order chi connectivity index (χ0) is 13.7. The molecule has 1 aromatic rings. The molecule has 1 aromatic carbocycles. The molecule has 0 N–H and O–H groups in total. The van der Waals surface area contributed by atoms with E-state index in [9.17, 15) is 0 Å². The van der Waals surface area contributed by atoms with E-state index < -0.39 is 0 Å². The Labute approximate surface area is 123 Å². The summed E-state index contributed by atoms with van der Waals surface area (Å²) in [5.74, 6) is 0.714. The third-order valence-corrected chi connectivity index (χ3v) is 4.24. The first-order valence-electron chi connectivity index (χ1n) is 7.60. The summed E-state index contributed by atoms with van der Waals surface area (Å²) in [6.45, 7) is 7.94. The summed E-state index contributed by atoms with van der Waals surface area (Å²) in [5, 5.41) is 0.131. The number of rotatable bonds is 5. The number of hydrogen-bond donors (Lipinski definition) is 0. The summed E-state index contributed by atoms with van der Waals surface area (Å²) >= 11 is 6.56. The second-order valence-corrected chi connectivity index (χ2v) is 6.70. The summed E-state index contributed by atoms with van der Waals surface area (Å²) in [4.78, 5) is 2.50. The molecule has 0 bridgehead atoms. The lowest BCUT2D eigenvalue weighted by molar-refractivity contribution is 0.229. The van der Waals surface area contributed by atoms with E-state index in [1.165, 1.54) is 43.5 Å². The van der Waals surface area contributed by atoms with Gasteiger partial charge >= 0.3 is 0 Å². The lowest BCUT2D eigenvalue weighted by Crippen LogP contribution is -2.32. The predicted molar refractivity (Wildman–Crippen MR) is 83.9 cm³/mol. The van der Waals surface area contributed by atoms with Crippen molar-refractivity contribution in [1.29, 1.82) is 0 Å². The molecule has 1 nitrogen and oxygen atoms in total. The predicted octanol–water partition coefficient (Wildman–Crippen LogP) is 4.65. The van der Waals surface area contributed by atoms with Crippen molar-refractivity contribution in [2.75, 3.05) is 19.6 Å². The van der Waals surface area contributed by atoms with Crippen molar-refractivity contribution >= 4 is 11.6 Å². The summed E-state index contributed by atoms with van der Waals surface area (Å²) in [7, 11) is 0. The molecule has 106 valence electrons. The van der Waals surface area contributed by atoms with Crippen molar-refractivity contribution in [2.45, 2.75) is 44.9 Å². The maximum Gasteiger partial charge on any atom is 0.0712 e. The zero-order valence-corrected chi connectivity index (χ0v) is 13.0. The summed E-state index contributed by atoms with van der Waals surface area (Å²) in [6.07, 6.45) is 5.20. The molecule has 2 heteroatoms. The van der Waals surface area contributed by atoms with Gasteiger partial charge in [-0.2, -0.15) is 0 Å². The van der Waals surface area contributed by atoms with Crippen LogP contribution in [-0.2, 0) is 6.42 Å². The molecule has 0 aromatic heterocycles. The van der Waals surface area contributed by atoms with Crippen molar-refractivity contribution in [2.24, 2.45) is 5.92 Å². The molecule has 1 aliphatic heterocycles. The van der Waals surface area contributed by atoms with Gasteiger partial charge in [-0.05, 0) is 49.4 Å². The van der Waals surface area contributed by atoms with Crippen molar-refractivity contribution < 1.29 is 0 Å². The van der Waals surface area contributed by atoms with Crippen molar-refractivity contribution in [3.05, 3.63) is 35.4 Å². The van der Waals surface area contributed by atoms with Gasteiger partial charge in [0.2, 0.25) is 0 Å². The second kappa shape index (κ2) is 7.31. The Morgan fingerprint density at radius 2 is 1.68 bits per heavy atom. The highest BCUT2D eigenvalue weighted by Crippen LogP contribution is 2.24. The second-order valence-electron chi connectivity index (χ2n) is 6.17. The van der Waals surface area contributed by atoms with Crippen LogP contribution in [0.15, 0.2) is 24.3 Å². The molecule has 1 fully saturated rings. The molecule has 1 atom stereocenters. The molecule has 0 spiro atoms. The van der Waals surface area contributed by atoms with E-state index in [2.05, 4.69) is 43.0 Å². The molecule has 1 unspecified atom stereocenters. The Bertz CT molecular complexity index is 365. The minimum atomic E-state index is 0.131. The van der Waals surface area contributed by atoms with Crippen LogP contribution >= 0.6 is 11.6 Å². The first-order valence-corrected chi connectivity index (χ1v) is 8.04. The molecule has 1 heterocycles. The molecule has 0 saturated carbocycles. The maximum atomic E-state index is 6.56. The van der Waals surface area contributed by atoms with Crippen LogP contribution in [-0.4, -0.2) is 24.5 Å². The number of piperidine rings is 1. The fraction of sp³-hybridized carbons (Fsp3) is 0.647. The number of halogens is 1. The summed E-state index contributed by atoms with van der Waals surface area (Å²) in [6, 6.07) is 8.89. The molecule has 0 aliphatic carbocycles. The minimum absolute atomic E-state index is 0.131. The molecule has 0 amide bonds. The maximum absolute atomic E-state index is 6.56. The van der Waals surface area contributed by atoms with Crippen LogP contribution in [0.5, 0.6) is 0 Å². The molecule has 1 saturated heterocycles. The normalized spacial score (nSPS) is 18.7. The SMILES string of the molecule is CC(C)Cc1ccc(C(Cl)CN2CCCCC2)cc1. The van der Waals surface area contributed by atoms with Crippen LogP contribution in [0.3, 0.4) is 0 Å². The van der Waals surface area contributed by atoms with Crippen molar-refractivity contribution in [3.63, 3.8) is 0 Å². The van der Waals surface area contributed by atoms with Crippen LogP contribution in [0, 0.1) is 5.92 Å². The Morgan fingerprint density at radius 3 is 2.26 bits per heavy atom. The van der Waals surface area contributed by atoms with E-state index in [1.54, 1.807) is 0 Å². The lowest BCUT2D eigenvalue weighted by Gasteiger charge is -2.28. The van der Waals surface area contributed by atoms with Crippen LogP contribution < -0.4 is 0 Å². The molecule has 1 aliphatic rings. The number of benzene rings is 1. The van der Waals surface area contributed by atoms with Gasteiger partial charge in [0.25, 0.3) is 0 Å². The number of alkyl halides is 1. The van der Waals surface area contributed by atoms with E-state index in [0.29, 0.717) is 5.92 Å². The van der Waals surface area contributed by atoms with Gasteiger partial charge in [0.05, 0.1) is 5.38 Å².